The first-order valence-electron chi connectivity index (χ1n) is 5.83. The molecule has 1 nitrogen and oxygen atoms in total. The number of unbranched alkanes of at least 4 members (excludes halogenated alkanes) is 2. The van der Waals surface area contributed by atoms with E-state index in [4.69, 9.17) is 5.73 Å². The van der Waals surface area contributed by atoms with E-state index in [9.17, 15) is 0 Å². The Balaban J connectivity index is 3.78. The van der Waals surface area contributed by atoms with E-state index < -0.39 is 0 Å². The standard InChI is InChI=1S/C13H25NS/c1-4-5-6-7-13(10-12(2)3)11-15-9-8-14/h8-9,13H,2,4-7,10-11,14H2,1,3H3/b9-8-. The Morgan fingerprint density at radius 3 is 2.73 bits per heavy atom. The van der Waals surface area contributed by atoms with Crippen LogP contribution >= 0.6 is 11.8 Å². The second-order valence-corrected chi connectivity index (χ2v) is 5.12. The van der Waals surface area contributed by atoms with Crippen molar-refractivity contribution in [2.75, 3.05) is 5.75 Å². The summed E-state index contributed by atoms with van der Waals surface area (Å²) in [6.07, 6.45) is 8.11. The van der Waals surface area contributed by atoms with Crippen molar-refractivity contribution in [3.05, 3.63) is 23.8 Å². The van der Waals surface area contributed by atoms with E-state index in [1.807, 2.05) is 17.2 Å². The summed E-state index contributed by atoms with van der Waals surface area (Å²) in [6.45, 7) is 8.37. The van der Waals surface area contributed by atoms with E-state index in [1.54, 1.807) is 6.20 Å². The third-order valence-electron chi connectivity index (χ3n) is 2.36. The molecule has 0 fully saturated rings. The molecular formula is C13H25NS. The molecule has 15 heavy (non-hydrogen) atoms. The van der Waals surface area contributed by atoms with Crippen molar-refractivity contribution in [3.63, 3.8) is 0 Å². The van der Waals surface area contributed by atoms with Gasteiger partial charge in [-0.25, -0.2) is 0 Å². The second-order valence-electron chi connectivity index (χ2n) is 4.18. The number of rotatable bonds is 9. The van der Waals surface area contributed by atoms with Crippen LogP contribution in [0.15, 0.2) is 23.8 Å². The third kappa shape index (κ3) is 9.92. The minimum Gasteiger partial charge on any atom is -0.404 e. The van der Waals surface area contributed by atoms with Crippen molar-refractivity contribution in [3.8, 4) is 0 Å². The average Bonchev–Trinajstić information content (AvgIpc) is 2.17. The lowest BCUT2D eigenvalue weighted by atomic mass is 9.96. The molecule has 0 heterocycles. The van der Waals surface area contributed by atoms with Crippen LogP contribution in [0.3, 0.4) is 0 Å². The molecule has 0 rings (SSSR count). The second kappa shape index (κ2) is 10.2. The lowest BCUT2D eigenvalue weighted by Gasteiger charge is -2.15. The van der Waals surface area contributed by atoms with Crippen LogP contribution < -0.4 is 5.73 Å². The molecule has 2 N–H and O–H groups in total. The van der Waals surface area contributed by atoms with Gasteiger partial charge in [-0.1, -0.05) is 31.8 Å². The molecule has 0 aromatic heterocycles. The highest BCUT2D eigenvalue weighted by molar-refractivity contribution is 8.02. The van der Waals surface area contributed by atoms with Gasteiger partial charge in [-0.05, 0) is 31.1 Å². The SMILES string of the molecule is C=C(C)CC(CCCCC)CS/C=C\N. The van der Waals surface area contributed by atoms with Gasteiger partial charge in [0.25, 0.3) is 0 Å². The molecular weight excluding hydrogens is 202 g/mol. The van der Waals surface area contributed by atoms with E-state index in [1.165, 1.54) is 37.0 Å². The van der Waals surface area contributed by atoms with Crippen LogP contribution in [0.25, 0.3) is 0 Å². The van der Waals surface area contributed by atoms with Gasteiger partial charge >= 0.3 is 0 Å². The zero-order valence-electron chi connectivity index (χ0n) is 10.2. The number of nitrogens with two attached hydrogens (primary N) is 1. The lowest BCUT2D eigenvalue weighted by Crippen LogP contribution is -2.04. The summed E-state index contributed by atoms with van der Waals surface area (Å²) >= 11 is 1.81. The maximum Gasteiger partial charge on any atom is 0.000601 e. The molecule has 0 aromatic carbocycles. The van der Waals surface area contributed by atoms with Gasteiger partial charge in [-0.15, -0.1) is 18.3 Å². The monoisotopic (exact) mass is 227 g/mol. The maximum absolute atomic E-state index is 5.32. The van der Waals surface area contributed by atoms with E-state index >= 15 is 0 Å². The smallest absolute Gasteiger partial charge is 0.000601 e. The first kappa shape index (κ1) is 14.6. The molecule has 0 bridgehead atoms. The number of hydrogen-bond donors (Lipinski definition) is 1. The van der Waals surface area contributed by atoms with Crippen LogP contribution in [0.4, 0.5) is 0 Å². The Kier molecular flexibility index (Phi) is 9.91. The van der Waals surface area contributed by atoms with Gasteiger partial charge in [0, 0.05) is 12.0 Å². The molecule has 0 saturated heterocycles. The summed E-state index contributed by atoms with van der Waals surface area (Å²) in [5.74, 6) is 1.94. The first-order valence-corrected chi connectivity index (χ1v) is 6.88. The predicted molar refractivity (Wildman–Crippen MR) is 72.8 cm³/mol. The van der Waals surface area contributed by atoms with Gasteiger partial charge in [-0.2, -0.15) is 0 Å². The summed E-state index contributed by atoms with van der Waals surface area (Å²) in [5, 5.41) is 1.98. The fourth-order valence-electron chi connectivity index (χ4n) is 1.67. The van der Waals surface area contributed by atoms with Crippen molar-refractivity contribution in [2.45, 2.75) is 46.0 Å². The predicted octanol–water partition coefficient (Wildman–Crippen LogP) is 4.31. The average molecular weight is 227 g/mol. The Hall–Kier alpha value is -0.370. The molecule has 0 aliphatic heterocycles. The fraction of sp³-hybridized carbons (Fsp3) is 0.692. The lowest BCUT2D eigenvalue weighted by molar-refractivity contribution is 0.500. The number of thioether (sulfide) groups is 1. The van der Waals surface area contributed by atoms with Gasteiger partial charge in [0.1, 0.15) is 0 Å². The molecule has 1 atom stereocenters. The maximum atomic E-state index is 5.32. The van der Waals surface area contributed by atoms with Gasteiger partial charge in [0.05, 0.1) is 0 Å². The van der Waals surface area contributed by atoms with Crippen LogP contribution in [0.2, 0.25) is 0 Å². The highest BCUT2D eigenvalue weighted by Crippen LogP contribution is 2.22. The quantitative estimate of drug-likeness (QED) is 0.469. The van der Waals surface area contributed by atoms with Crippen LogP contribution in [0.5, 0.6) is 0 Å². The van der Waals surface area contributed by atoms with E-state index in [0.717, 1.165) is 12.3 Å². The summed E-state index contributed by atoms with van der Waals surface area (Å²) < 4.78 is 0. The normalized spacial score (nSPS) is 13.2. The summed E-state index contributed by atoms with van der Waals surface area (Å²) in [6, 6.07) is 0. The van der Waals surface area contributed by atoms with Crippen molar-refractivity contribution in [1.82, 2.24) is 0 Å². The summed E-state index contributed by atoms with van der Waals surface area (Å²) in [5.41, 5.74) is 6.62. The molecule has 0 saturated carbocycles. The van der Waals surface area contributed by atoms with Crippen LogP contribution in [0.1, 0.15) is 46.0 Å². The molecule has 0 radical (unpaired) electrons. The molecule has 88 valence electrons. The van der Waals surface area contributed by atoms with Gasteiger partial charge < -0.3 is 5.73 Å². The summed E-state index contributed by atoms with van der Waals surface area (Å²) in [4.78, 5) is 0. The Bertz CT molecular complexity index is 187. The van der Waals surface area contributed by atoms with Gasteiger partial charge in [0.15, 0.2) is 0 Å². The summed E-state index contributed by atoms with van der Waals surface area (Å²) in [7, 11) is 0. The minimum atomic E-state index is 0.773. The molecule has 1 unspecified atom stereocenters. The Morgan fingerprint density at radius 1 is 1.47 bits per heavy atom. The van der Waals surface area contributed by atoms with Gasteiger partial charge in [0.2, 0.25) is 0 Å². The Morgan fingerprint density at radius 2 is 2.20 bits per heavy atom. The molecule has 0 spiro atoms. The zero-order chi connectivity index (χ0) is 11.5. The minimum absolute atomic E-state index is 0.773. The van der Waals surface area contributed by atoms with Crippen molar-refractivity contribution in [2.24, 2.45) is 11.7 Å². The van der Waals surface area contributed by atoms with Crippen molar-refractivity contribution >= 4 is 11.8 Å². The largest absolute Gasteiger partial charge is 0.404 e. The molecule has 2 heteroatoms. The first-order chi connectivity index (χ1) is 7.20. The van der Waals surface area contributed by atoms with E-state index in [-0.39, 0.29) is 0 Å². The topological polar surface area (TPSA) is 26.0 Å². The van der Waals surface area contributed by atoms with Crippen LogP contribution in [-0.2, 0) is 0 Å². The third-order valence-corrected chi connectivity index (χ3v) is 3.37. The molecule has 0 amide bonds. The van der Waals surface area contributed by atoms with E-state index in [2.05, 4.69) is 20.4 Å². The van der Waals surface area contributed by atoms with Crippen molar-refractivity contribution in [1.29, 1.82) is 0 Å². The fourth-order valence-corrected chi connectivity index (χ4v) is 2.45. The van der Waals surface area contributed by atoms with Gasteiger partial charge in [-0.3, -0.25) is 0 Å². The van der Waals surface area contributed by atoms with Crippen molar-refractivity contribution < 1.29 is 0 Å². The zero-order valence-corrected chi connectivity index (χ0v) is 11.0. The molecule has 0 aliphatic carbocycles. The number of hydrogen-bond acceptors (Lipinski definition) is 2. The number of allylic oxidation sites excluding steroid dienone is 1. The highest BCUT2D eigenvalue weighted by Gasteiger charge is 2.07. The van der Waals surface area contributed by atoms with Crippen LogP contribution in [-0.4, -0.2) is 5.75 Å². The molecule has 0 aromatic rings. The van der Waals surface area contributed by atoms with E-state index in [0.29, 0.717) is 0 Å². The molecule has 0 aliphatic rings. The van der Waals surface area contributed by atoms with Crippen LogP contribution in [0, 0.1) is 5.92 Å². The Labute approximate surface area is 99.2 Å². The highest BCUT2D eigenvalue weighted by atomic mass is 32.2.